The zero-order chi connectivity index (χ0) is 11.7. The predicted molar refractivity (Wildman–Crippen MR) is 67.8 cm³/mol. The van der Waals surface area contributed by atoms with Crippen molar-refractivity contribution in [2.24, 2.45) is 0 Å². The molecule has 0 N–H and O–H groups in total. The zero-order valence-corrected chi connectivity index (χ0v) is 9.67. The van der Waals surface area contributed by atoms with Gasteiger partial charge in [-0.2, -0.15) is 0 Å². The molecule has 0 saturated heterocycles. The molecule has 0 aliphatic heterocycles. The second-order valence-corrected chi connectivity index (χ2v) is 4.13. The number of aryl methyl sites for hydroxylation is 1. The Balaban J connectivity index is 2.03. The molecule has 84 valence electrons. The van der Waals surface area contributed by atoms with Crippen LogP contribution in [0.1, 0.15) is 11.4 Å². The largest absolute Gasteiger partial charge is 0.328 e. The number of fused-ring (bicyclic) bond motifs is 1. The molecule has 0 radical (unpaired) electrons. The third kappa shape index (κ3) is 1.91. The van der Waals surface area contributed by atoms with Crippen molar-refractivity contribution >= 4 is 11.0 Å². The fraction of sp³-hybridized carbons (Fsp3) is 0.143. The molecular formula is C14H13N3. The number of benzene rings is 1. The van der Waals surface area contributed by atoms with Crippen molar-refractivity contribution in [2.45, 2.75) is 13.5 Å². The van der Waals surface area contributed by atoms with Crippen molar-refractivity contribution < 1.29 is 0 Å². The number of hydrogen-bond acceptors (Lipinski definition) is 2. The third-order valence-corrected chi connectivity index (χ3v) is 2.82. The van der Waals surface area contributed by atoms with Crippen LogP contribution >= 0.6 is 0 Å². The molecule has 3 aromatic rings. The molecule has 2 heterocycles. The minimum Gasteiger partial charge on any atom is -0.328 e. The van der Waals surface area contributed by atoms with Gasteiger partial charge in [0.1, 0.15) is 11.5 Å². The van der Waals surface area contributed by atoms with E-state index in [9.17, 15) is 0 Å². The first-order chi connectivity index (χ1) is 8.33. The van der Waals surface area contributed by atoms with Gasteiger partial charge in [-0.05, 0) is 18.6 Å². The molecule has 2 aromatic heterocycles. The van der Waals surface area contributed by atoms with E-state index in [2.05, 4.69) is 51.1 Å². The molecule has 0 unspecified atom stereocenters. The zero-order valence-electron chi connectivity index (χ0n) is 9.67. The third-order valence-electron chi connectivity index (χ3n) is 2.82. The second kappa shape index (κ2) is 4.01. The smallest absolute Gasteiger partial charge is 0.143 e. The summed E-state index contributed by atoms with van der Waals surface area (Å²) in [5.74, 6) is 0.811. The maximum absolute atomic E-state index is 4.48. The van der Waals surface area contributed by atoms with Gasteiger partial charge in [0.05, 0.1) is 0 Å². The van der Waals surface area contributed by atoms with E-state index >= 15 is 0 Å². The Kier molecular flexibility index (Phi) is 2.37. The number of hydrogen-bond donors (Lipinski definition) is 0. The van der Waals surface area contributed by atoms with E-state index in [1.165, 1.54) is 5.56 Å². The highest BCUT2D eigenvalue weighted by atomic mass is 15.0. The fourth-order valence-electron chi connectivity index (χ4n) is 1.96. The van der Waals surface area contributed by atoms with Crippen LogP contribution in [0.2, 0.25) is 0 Å². The molecular weight excluding hydrogens is 210 g/mol. The monoisotopic (exact) mass is 223 g/mol. The summed E-state index contributed by atoms with van der Waals surface area (Å²) in [4.78, 5) is 8.69. The van der Waals surface area contributed by atoms with E-state index in [4.69, 9.17) is 0 Å². The number of rotatable bonds is 2. The Hall–Kier alpha value is -2.16. The van der Waals surface area contributed by atoms with Gasteiger partial charge in [-0.1, -0.05) is 30.3 Å². The molecule has 0 spiro atoms. The first-order valence-electron chi connectivity index (χ1n) is 5.65. The Bertz CT molecular complexity index is 641. The van der Waals surface area contributed by atoms with Crippen LogP contribution in [-0.2, 0) is 6.54 Å². The predicted octanol–water partition coefficient (Wildman–Crippen LogP) is 2.79. The van der Waals surface area contributed by atoms with Gasteiger partial charge in [0.25, 0.3) is 0 Å². The van der Waals surface area contributed by atoms with Crippen LogP contribution in [0.25, 0.3) is 11.0 Å². The van der Waals surface area contributed by atoms with E-state index in [-0.39, 0.29) is 0 Å². The Morgan fingerprint density at radius 1 is 1.12 bits per heavy atom. The highest BCUT2D eigenvalue weighted by Gasteiger charge is 2.03. The molecule has 0 saturated carbocycles. The van der Waals surface area contributed by atoms with Crippen LogP contribution in [0.15, 0.2) is 48.8 Å². The molecule has 0 aliphatic carbocycles. The van der Waals surface area contributed by atoms with E-state index in [1.54, 1.807) is 0 Å². The summed E-state index contributed by atoms with van der Waals surface area (Å²) in [6.07, 6.45) is 3.94. The Morgan fingerprint density at radius 3 is 2.76 bits per heavy atom. The summed E-state index contributed by atoms with van der Waals surface area (Å²) in [6.45, 7) is 2.76. The van der Waals surface area contributed by atoms with Gasteiger partial charge in [-0.25, -0.2) is 9.97 Å². The SMILES string of the molecule is Cc1ncc2ccn(Cc3ccccc3)c2n1. The molecule has 3 nitrogen and oxygen atoms in total. The summed E-state index contributed by atoms with van der Waals surface area (Å²) >= 11 is 0. The quantitative estimate of drug-likeness (QED) is 0.668. The maximum atomic E-state index is 4.48. The molecule has 0 bridgehead atoms. The van der Waals surface area contributed by atoms with Crippen molar-refractivity contribution in [3.05, 3.63) is 60.2 Å². The van der Waals surface area contributed by atoms with E-state index < -0.39 is 0 Å². The van der Waals surface area contributed by atoms with Crippen molar-refractivity contribution in [2.75, 3.05) is 0 Å². The molecule has 1 aromatic carbocycles. The second-order valence-electron chi connectivity index (χ2n) is 4.13. The van der Waals surface area contributed by atoms with Gasteiger partial charge < -0.3 is 4.57 Å². The summed E-state index contributed by atoms with van der Waals surface area (Å²) in [5.41, 5.74) is 2.28. The lowest BCUT2D eigenvalue weighted by atomic mass is 10.2. The average Bonchev–Trinajstić information content (AvgIpc) is 2.73. The molecule has 0 fully saturated rings. The van der Waals surface area contributed by atoms with Crippen molar-refractivity contribution in [3.63, 3.8) is 0 Å². The summed E-state index contributed by atoms with van der Waals surface area (Å²) in [6, 6.07) is 12.4. The van der Waals surface area contributed by atoms with Crippen LogP contribution in [0.5, 0.6) is 0 Å². The van der Waals surface area contributed by atoms with Crippen molar-refractivity contribution in [1.82, 2.24) is 14.5 Å². The van der Waals surface area contributed by atoms with Gasteiger partial charge in [0.2, 0.25) is 0 Å². The number of aromatic nitrogens is 3. The lowest BCUT2D eigenvalue weighted by molar-refractivity contribution is 0.820. The minimum absolute atomic E-state index is 0.811. The highest BCUT2D eigenvalue weighted by molar-refractivity contribution is 5.75. The molecule has 3 heteroatoms. The lowest BCUT2D eigenvalue weighted by Gasteiger charge is -2.04. The molecule has 3 rings (SSSR count). The first-order valence-corrected chi connectivity index (χ1v) is 5.65. The normalized spacial score (nSPS) is 10.9. The van der Waals surface area contributed by atoms with Gasteiger partial charge in [0.15, 0.2) is 0 Å². The van der Waals surface area contributed by atoms with Gasteiger partial charge in [-0.15, -0.1) is 0 Å². The highest BCUT2D eigenvalue weighted by Crippen LogP contribution is 2.14. The maximum Gasteiger partial charge on any atom is 0.143 e. The van der Waals surface area contributed by atoms with Crippen molar-refractivity contribution in [1.29, 1.82) is 0 Å². The first kappa shape index (κ1) is 10.0. The minimum atomic E-state index is 0.811. The fourth-order valence-corrected chi connectivity index (χ4v) is 1.96. The Labute approximate surface area is 99.8 Å². The van der Waals surface area contributed by atoms with Gasteiger partial charge in [0, 0.05) is 24.3 Å². The van der Waals surface area contributed by atoms with Crippen LogP contribution in [0.4, 0.5) is 0 Å². The van der Waals surface area contributed by atoms with Crippen LogP contribution in [0, 0.1) is 6.92 Å². The topological polar surface area (TPSA) is 30.7 Å². The summed E-state index contributed by atoms with van der Waals surface area (Å²) < 4.78 is 2.15. The molecule has 17 heavy (non-hydrogen) atoms. The molecule has 0 aliphatic rings. The lowest BCUT2D eigenvalue weighted by Crippen LogP contribution is -2.00. The molecule has 0 atom stereocenters. The summed E-state index contributed by atoms with van der Waals surface area (Å²) in [7, 11) is 0. The van der Waals surface area contributed by atoms with E-state index in [0.717, 1.165) is 23.4 Å². The Morgan fingerprint density at radius 2 is 1.94 bits per heavy atom. The van der Waals surface area contributed by atoms with Gasteiger partial charge in [-0.3, -0.25) is 0 Å². The van der Waals surface area contributed by atoms with Crippen LogP contribution in [0.3, 0.4) is 0 Å². The van der Waals surface area contributed by atoms with Gasteiger partial charge >= 0.3 is 0 Å². The standard InChI is InChI=1S/C14H13N3/c1-11-15-9-13-7-8-17(14(13)16-11)10-12-5-3-2-4-6-12/h2-9H,10H2,1H3. The van der Waals surface area contributed by atoms with Crippen LogP contribution in [-0.4, -0.2) is 14.5 Å². The van der Waals surface area contributed by atoms with Crippen molar-refractivity contribution in [3.8, 4) is 0 Å². The number of nitrogens with zero attached hydrogens (tertiary/aromatic N) is 3. The molecule has 0 amide bonds. The van der Waals surface area contributed by atoms with E-state index in [1.807, 2.05) is 19.2 Å². The average molecular weight is 223 g/mol. The summed E-state index contributed by atoms with van der Waals surface area (Å²) in [5, 5.41) is 1.09. The van der Waals surface area contributed by atoms with E-state index in [0.29, 0.717) is 0 Å². The van der Waals surface area contributed by atoms with Crippen LogP contribution < -0.4 is 0 Å².